The van der Waals surface area contributed by atoms with Gasteiger partial charge in [0.2, 0.25) is 23.6 Å². The maximum atomic E-state index is 13.1. The van der Waals surface area contributed by atoms with E-state index in [1.807, 2.05) is 30.3 Å². The molecule has 8 nitrogen and oxygen atoms in total. The molecule has 2 fully saturated rings. The molecule has 4 rings (SSSR count). The van der Waals surface area contributed by atoms with Crippen molar-refractivity contribution in [3.63, 3.8) is 0 Å². The lowest BCUT2D eigenvalue weighted by Gasteiger charge is -2.35. The van der Waals surface area contributed by atoms with Crippen molar-refractivity contribution in [2.45, 2.75) is 25.9 Å². The molecule has 0 saturated carbocycles. The fourth-order valence-electron chi connectivity index (χ4n) is 3.65. The number of aromatic nitrogens is 2. The Morgan fingerprint density at radius 3 is 2.81 bits per heavy atom. The Morgan fingerprint density at radius 1 is 1.26 bits per heavy atom. The number of morpholine rings is 1. The van der Waals surface area contributed by atoms with Crippen molar-refractivity contribution in [1.29, 1.82) is 0 Å². The van der Waals surface area contributed by atoms with Crippen molar-refractivity contribution < 1.29 is 18.7 Å². The predicted molar refractivity (Wildman–Crippen MR) is 94.3 cm³/mol. The Labute approximate surface area is 157 Å². The fraction of sp³-hybridized carbons (Fsp3) is 0.474. The van der Waals surface area contributed by atoms with Crippen LogP contribution in [0.1, 0.15) is 29.8 Å². The number of hydrogen-bond acceptors (Lipinski definition) is 6. The molecule has 0 aliphatic carbocycles. The lowest BCUT2D eigenvalue weighted by Crippen LogP contribution is -2.46. The van der Waals surface area contributed by atoms with Crippen molar-refractivity contribution in [2.24, 2.45) is 5.92 Å². The SMILES string of the molecule is Cc1nnc(C2COCCN2C(=O)C2CC(=O)N(Cc3ccccc3)C2)o1. The van der Waals surface area contributed by atoms with Crippen LogP contribution < -0.4 is 0 Å². The zero-order valence-corrected chi connectivity index (χ0v) is 15.2. The monoisotopic (exact) mass is 370 g/mol. The number of ether oxygens (including phenoxy) is 1. The van der Waals surface area contributed by atoms with Crippen LogP contribution in [0.15, 0.2) is 34.7 Å². The van der Waals surface area contributed by atoms with E-state index in [1.165, 1.54) is 0 Å². The molecule has 0 bridgehead atoms. The Balaban J connectivity index is 1.46. The molecule has 2 amide bonds. The van der Waals surface area contributed by atoms with Crippen molar-refractivity contribution in [3.8, 4) is 0 Å². The highest BCUT2D eigenvalue weighted by Gasteiger charge is 2.40. The topological polar surface area (TPSA) is 88.8 Å². The van der Waals surface area contributed by atoms with E-state index in [0.717, 1.165) is 5.56 Å². The molecule has 8 heteroatoms. The minimum absolute atomic E-state index is 0.00986. The van der Waals surface area contributed by atoms with Crippen LogP contribution in [0.2, 0.25) is 0 Å². The average Bonchev–Trinajstić information content (AvgIpc) is 3.28. The minimum atomic E-state index is -0.397. The van der Waals surface area contributed by atoms with Crippen LogP contribution in [0.4, 0.5) is 0 Å². The molecule has 27 heavy (non-hydrogen) atoms. The highest BCUT2D eigenvalue weighted by atomic mass is 16.5. The maximum absolute atomic E-state index is 13.1. The van der Waals surface area contributed by atoms with Crippen LogP contribution >= 0.6 is 0 Å². The normalized spacial score (nSPS) is 23.1. The quantitative estimate of drug-likeness (QED) is 0.807. The smallest absolute Gasteiger partial charge is 0.241 e. The van der Waals surface area contributed by atoms with E-state index in [2.05, 4.69) is 10.2 Å². The number of hydrogen-bond donors (Lipinski definition) is 0. The van der Waals surface area contributed by atoms with Gasteiger partial charge in [0, 0.05) is 33.0 Å². The Kier molecular flexibility index (Phi) is 4.89. The van der Waals surface area contributed by atoms with Gasteiger partial charge in [-0.15, -0.1) is 10.2 Å². The number of amides is 2. The largest absolute Gasteiger partial charge is 0.423 e. The molecule has 0 spiro atoms. The van der Waals surface area contributed by atoms with Gasteiger partial charge in [-0.1, -0.05) is 30.3 Å². The number of benzene rings is 1. The predicted octanol–water partition coefficient (Wildman–Crippen LogP) is 1.33. The Hall–Kier alpha value is -2.74. The molecule has 142 valence electrons. The average molecular weight is 370 g/mol. The van der Waals surface area contributed by atoms with E-state index in [0.29, 0.717) is 44.6 Å². The van der Waals surface area contributed by atoms with E-state index in [-0.39, 0.29) is 24.2 Å². The van der Waals surface area contributed by atoms with Gasteiger partial charge in [-0.05, 0) is 5.56 Å². The first-order valence-corrected chi connectivity index (χ1v) is 9.12. The number of aryl methyl sites for hydroxylation is 1. The molecular formula is C19H22N4O4. The van der Waals surface area contributed by atoms with Gasteiger partial charge in [-0.3, -0.25) is 9.59 Å². The van der Waals surface area contributed by atoms with Gasteiger partial charge in [0.05, 0.1) is 19.1 Å². The molecule has 2 aliphatic heterocycles. The number of carbonyl (C=O) groups excluding carboxylic acids is 2. The summed E-state index contributed by atoms with van der Waals surface area (Å²) < 4.78 is 11.0. The molecular weight excluding hydrogens is 348 g/mol. The van der Waals surface area contributed by atoms with Gasteiger partial charge in [0.1, 0.15) is 6.04 Å². The third kappa shape index (κ3) is 3.71. The summed E-state index contributed by atoms with van der Waals surface area (Å²) in [4.78, 5) is 29.0. The lowest BCUT2D eigenvalue weighted by atomic mass is 10.1. The summed E-state index contributed by atoms with van der Waals surface area (Å²) in [5, 5.41) is 7.90. The van der Waals surface area contributed by atoms with E-state index in [1.54, 1.807) is 16.7 Å². The standard InChI is InChI=1S/C19H22N4O4/c1-13-20-21-18(27-13)16-12-26-8-7-23(16)19(25)15-9-17(24)22(11-15)10-14-5-3-2-4-6-14/h2-6,15-16H,7-12H2,1H3. The van der Waals surface area contributed by atoms with Crippen LogP contribution in [0.5, 0.6) is 0 Å². The third-order valence-electron chi connectivity index (χ3n) is 5.02. The first-order valence-electron chi connectivity index (χ1n) is 9.12. The van der Waals surface area contributed by atoms with Gasteiger partial charge in [-0.2, -0.15) is 0 Å². The summed E-state index contributed by atoms with van der Waals surface area (Å²) >= 11 is 0. The third-order valence-corrected chi connectivity index (χ3v) is 5.02. The van der Waals surface area contributed by atoms with Gasteiger partial charge in [-0.25, -0.2) is 0 Å². The zero-order valence-electron chi connectivity index (χ0n) is 15.2. The first kappa shape index (κ1) is 17.7. The van der Waals surface area contributed by atoms with Gasteiger partial charge in [0.15, 0.2) is 0 Å². The van der Waals surface area contributed by atoms with Gasteiger partial charge >= 0.3 is 0 Å². The highest BCUT2D eigenvalue weighted by Crippen LogP contribution is 2.29. The number of rotatable bonds is 4. The summed E-state index contributed by atoms with van der Waals surface area (Å²) in [6.45, 7) is 3.90. The molecule has 2 atom stereocenters. The van der Waals surface area contributed by atoms with Crippen molar-refractivity contribution in [1.82, 2.24) is 20.0 Å². The summed E-state index contributed by atoms with van der Waals surface area (Å²) in [5.41, 5.74) is 1.06. The molecule has 2 unspecified atom stereocenters. The molecule has 0 N–H and O–H groups in total. The second-order valence-corrected chi connectivity index (χ2v) is 6.94. The van der Waals surface area contributed by atoms with E-state index in [4.69, 9.17) is 9.15 Å². The second-order valence-electron chi connectivity index (χ2n) is 6.94. The van der Waals surface area contributed by atoms with E-state index >= 15 is 0 Å². The highest BCUT2D eigenvalue weighted by molar-refractivity contribution is 5.89. The zero-order chi connectivity index (χ0) is 18.8. The molecule has 0 radical (unpaired) electrons. The van der Waals surface area contributed by atoms with Crippen LogP contribution in [-0.4, -0.2) is 58.1 Å². The molecule has 3 heterocycles. The maximum Gasteiger partial charge on any atom is 0.241 e. The van der Waals surface area contributed by atoms with Crippen molar-refractivity contribution in [3.05, 3.63) is 47.7 Å². The summed E-state index contributed by atoms with van der Waals surface area (Å²) in [7, 11) is 0. The molecule has 2 saturated heterocycles. The number of carbonyl (C=O) groups is 2. The summed E-state index contributed by atoms with van der Waals surface area (Å²) in [5.74, 6) is 0.434. The van der Waals surface area contributed by atoms with Crippen molar-refractivity contribution >= 4 is 11.8 Å². The molecule has 2 aliphatic rings. The second kappa shape index (κ2) is 7.48. The minimum Gasteiger partial charge on any atom is -0.423 e. The van der Waals surface area contributed by atoms with E-state index < -0.39 is 6.04 Å². The molecule has 2 aromatic rings. The van der Waals surface area contributed by atoms with Gasteiger partial charge < -0.3 is 19.0 Å². The van der Waals surface area contributed by atoms with Crippen LogP contribution in [-0.2, 0) is 20.9 Å². The number of nitrogens with zero attached hydrogens (tertiary/aromatic N) is 4. The molecule has 1 aromatic heterocycles. The van der Waals surface area contributed by atoms with Gasteiger partial charge in [0.25, 0.3) is 0 Å². The summed E-state index contributed by atoms with van der Waals surface area (Å²) in [6, 6.07) is 9.41. The number of likely N-dealkylation sites (tertiary alicyclic amines) is 1. The van der Waals surface area contributed by atoms with Crippen LogP contribution in [0.3, 0.4) is 0 Å². The van der Waals surface area contributed by atoms with Crippen LogP contribution in [0.25, 0.3) is 0 Å². The first-order chi connectivity index (χ1) is 13.1. The van der Waals surface area contributed by atoms with E-state index in [9.17, 15) is 9.59 Å². The summed E-state index contributed by atoms with van der Waals surface area (Å²) in [6.07, 6.45) is 0.235. The molecule has 1 aromatic carbocycles. The van der Waals surface area contributed by atoms with Crippen molar-refractivity contribution in [2.75, 3.05) is 26.3 Å². The van der Waals surface area contributed by atoms with Crippen LogP contribution in [0, 0.1) is 12.8 Å². The Morgan fingerprint density at radius 2 is 2.07 bits per heavy atom. The Bertz CT molecular complexity index is 822. The lowest BCUT2D eigenvalue weighted by molar-refractivity contribution is -0.145. The fourth-order valence-corrected chi connectivity index (χ4v) is 3.65.